The zero-order chi connectivity index (χ0) is 21.6. The molecule has 6 nitrogen and oxygen atoms in total. The fourth-order valence-electron chi connectivity index (χ4n) is 3.79. The van der Waals surface area contributed by atoms with Crippen molar-refractivity contribution >= 4 is 39.3 Å². The van der Waals surface area contributed by atoms with Crippen molar-refractivity contribution in [2.45, 2.75) is 43.3 Å². The quantitative estimate of drug-likeness (QED) is 0.435. The molecule has 0 saturated heterocycles. The van der Waals surface area contributed by atoms with Gasteiger partial charge in [-0.2, -0.15) is 5.26 Å². The van der Waals surface area contributed by atoms with Gasteiger partial charge in [0.05, 0.1) is 17.4 Å². The zero-order valence-electron chi connectivity index (χ0n) is 16.9. The number of rotatable bonds is 6. The maximum absolute atomic E-state index is 12.5. The Labute approximate surface area is 194 Å². The van der Waals surface area contributed by atoms with Crippen LogP contribution in [0.4, 0.5) is 5.69 Å². The standard InChI is InChI=1S/C23H22BrN5OS/c24-18-10-8-17(9-11-18)22-27-28-23(29(22)20-4-2-1-3-5-20)31-15-21(30)26-19-12-6-16(14-25)7-13-19/h6-13,20H,1-5,15H2,(H,26,30). The van der Waals surface area contributed by atoms with Gasteiger partial charge in [0.25, 0.3) is 0 Å². The lowest BCUT2D eigenvalue weighted by Gasteiger charge is -2.25. The molecule has 1 heterocycles. The SMILES string of the molecule is N#Cc1ccc(NC(=O)CSc2nnc(-c3ccc(Br)cc3)n2C2CCCCC2)cc1. The molecule has 0 aliphatic heterocycles. The number of hydrogen-bond donors (Lipinski definition) is 1. The molecule has 0 bridgehead atoms. The minimum absolute atomic E-state index is 0.113. The van der Waals surface area contributed by atoms with Crippen molar-refractivity contribution in [3.05, 3.63) is 58.6 Å². The van der Waals surface area contributed by atoms with E-state index in [-0.39, 0.29) is 11.7 Å². The third kappa shape index (κ3) is 5.35. The van der Waals surface area contributed by atoms with Crippen molar-refractivity contribution in [3.8, 4) is 17.5 Å². The van der Waals surface area contributed by atoms with Gasteiger partial charge in [-0.15, -0.1) is 10.2 Å². The van der Waals surface area contributed by atoms with Gasteiger partial charge in [-0.1, -0.05) is 59.1 Å². The van der Waals surface area contributed by atoms with Crippen molar-refractivity contribution in [2.24, 2.45) is 0 Å². The number of benzene rings is 2. The summed E-state index contributed by atoms with van der Waals surface area (Å²) < 4.78 is 3.25. The van der Waals surface area contributed by atoms with Gasteiger partial charge in [0.1, 0.15) is 0 Å². The van der Waals surface area contributed by atoms with Gasteiger partial charge in [0.2, 0.25) is 5.91 Å². The normalized spacial score (nSPS) is 14.2. The van der Waals surface area contributed by atoms with E-state index in [1.165, 1.54) is 31.0 Å². The molecule has 1 saturated carbocycles. The van der Waals surface area contributed by atoms with Gasteiger partial charge >= 0.3 is 0 Å². The van der Waals surface area contributed by atoms with E-state index in [9.17, 15) is 4.79 Å². The first kappa shape index (κ1) is 21.6. The molecular weight excluding hydrogens is 474 g/mol. The van der Waals surface area contributed by atoms with Crippen molar-refractivity contribution < 1.29 is 4.79 Å². The number of carbonyl (C=O) groups excluding carboxylic acids is 1. The lowest BCUT2D eigenvalue weighted by atomic mass is 9.95. The minimum atomic E-state index is -0.113. The van der Waals surface area contributed by atoms with Crippen molar-refractivity contribution in [3.63, 3.8) is 0 Å². The largest absolute Gasteiger partial charge is 0.325 e. The molecule has 1 aliphatic rings. The summed E-state index contributed by atoms with van der Waals surface area (Å²) >= 11 is 4.90. The van der Waals surface area contributed by atoms with Gasteiger partial charge < -0.3 is 5.32 Å². The summed E-state index contributed by atoms with van der Waals surface area (Å²) in [6.45, 7) is 0. The Kier molecular flexibility index (Phi) is 7.05. The Morgan fingerprint density at radius 3 is 2.48 bits per heavy atom. The van der Waals surface area contributed by atoms with E-state index in [4.69, 9.17) is 5.26 Å². The summed E-state index contributed by atoms with van der Waals surface area (Å²) in [5.41, 5.74) is 2.26. The molecule has 0 unspecified atom stereocenters. The first-order chi connectivity index (χ1) is 15.1. The molecule has 0 atom stereocenters. The van der Waals surface area contributed by atoms with E-state index in [0.717, 1.165) is 33.9 Å². The summed E-state index contributed by atoms with van der Waals surface area (Å²) in [6.07, 6.45) is 5.87. The Hall–Kier alpha value is -2.63. The highest BCUT2D eigenvalue weighted by atomic mass is 79.9. The number of thioether (sulfide) groups is 1. The first-order valence-electron chi connectivity index (χ1n) is 10.3. The Bertz CT molecular complexity index is 1080. The molecule has 158 valence electrons. The molecular formula is C23H22BrN5OS. The molecule has 31 heavy (non-hydrogen) atoms. The number of aromatic nitrogens is 3. The third-order valence-corrected chi connectivity index (χ3v) is 6.81. The molecule has 1 N–H and O–H groups in total. The summed E-state index contributed by atoms with van der Waals surface area (Å²) in [5.74, 6) is 0.984. The Morgan fingerprint density at radius 1 is 1.10 bits per heavy atom. The molecule has 1 amide bonds. The molecule has 4 rings (SSSR count). The van der Waals surface area contributed by atoms with Crippen molar-refractivity contribution in [1.29, 1.82) is 5.26 Å². The molecule has 0 radical (unpaired) electrons. The predicted octanol–water partition coefficient (Wildman–Crippen LogP) is 5.82. The molecule has 0 spiro atoms. The highest BCUT2D eigenvalue weighted by molar-refractivity contribution is 9.10. The zero-order valence-corrected chi connectivity index (χ0v) is 19.3. The Balaban J connectivity index is 1.51. The smallest absolute Gasteiger partial charge is 0.234 e. The summed E-state index contributed by atoms with van der Waals surface area (Å²) in [7, 11) is 0. The average molecular weight is 496 g/mol. The molecule has 1 fully saturated rings. The van der Waals surface area contributed by atoms with E-state index in [1.54, 1.807) is 24.3 Å². The lowest BCUT2D eigenvalue weighted by Crippen LogP contribution is -2.17. The van der Waals surface area contributed by atoms with Gasteiger partial charge in [0, 0.05) is 21.8 Å². The van der Waals surface area contributed by atoms with Gasteiger partial charge in [-0.3, -0.25) is 9.36 Å². The van der Waals surface area contributed by atoms with Gasteiger partial charge in [-0.25, -0.2) is 0 Å². The van der Waals surface area contributed by atoms with Crippen LogP contribution in [0.3, 0.4) is 0 Å². The van der Waals surface area contributed by atoms with E-state index < -0.39 is 0 Å². The van der Waals surface area contributed by atoms with E-state index in [1.807, 2.05) is 24.3 Å². The van der Waals surface area contributed by atoms with Gasteiger partial charge in [0.15, 0.2) is 11.0 Å². The summed E-state index contributed by atoms with van der Waals surface area (Å²) in [4.78, 5) is 12.5. The number of nitriles is 1. The fraction of sp³-hybridized carbons (Fsp3) is 0.304. The summed E-state index contributed by atoms with van der Waals surface area (Å²) in [6, 6.07) is 17.4. The fourth-order valence-corrected chi connectivity index (χ4v) is 4.86. The molecule has 1 aliphatic carbocycles. The molecule has 1 aromatic heterocycles. The Morgan fingerprint density at radius 2 is 1.81 bits per heavy atom. The highest BCUT2D eigenvalue weighted by Gasteiger charge is 2.24. The second kappa shape index (κ2) is 10.1. The first-order valence-corrected chi connectivity index (χ1v) is 12.1. The van der Waals surface area contributed by atoms with Crippen LogP contribution in [0.2, 0.25) is 0 Å². The monoisotopic (exact) mass is 495 g/mol. The van der Waals surface area contributed by atoms with Crippen LogP contribution >= 0.6 is 27.7 Å². The van der Waals surface area contributed by atoms with Crippen molar-refractivity contribution in [1.82, 2.24) is 14.8 Å². The lowest BCUT2D eigenvalue weighted by molar-refractivity contribution is -0.113. The second-order valence-electron chi connectivity index (χ2n) is 7.50. The number of hydrogen-bond acceptors (Lipinski definition) is 5. The topological polar surface area (TPSA) is 83.6 Å². The number of carbonyl (C=O) groups is 1. The van der Waals surface area contributed by atoms with Crippen LogP contribution in [-0.2, 0) is 4.79 Å². The van der Waals surface area contributed by atoms with Crippen LogP contribution in [0, 0.1) is 11.3 Å². The van der Waals surface area contributed by atoms with Gasteiger partial charge in [-0.05, 0) is 49.2 Å². The van der Waals surface area contributed by atoms with Crippen LogP contribution in [0.1, 0.15) is 43.7 Å². The van der Waals surface area contributed by atoms with Crippen LogP contribution in [-0.4, -0.2) is 26.4 Å². The maximum atomic E-state index is 12.5. The molecule has 8 heteroatoms. The average Bonchev–Trinajstić information content (AvgIpc) is 3.23. The van der Waals surface area contributed by atoms with Crippen LogP contribution in [0.5, 0.6) is 0 Å². The van der Waals surface area contributed by atoms with Crippen LogP contribution in [0.25, 0.3) is 11.4 Å². The number of nitrogens with one attached hydrogen (secondary N) is 1. The highest BCUT2D eigenvalue weighted by Crippen LogP contribution is 2.35. The van der Waals surface area contributed by atoms with Crippen LogP contribution in [0.15, 0.2) is 58.2 Å². The number of anilines is 1. The number of halogens is 1. The number of amides is 1. The van der Waals surface area contributed by atoms with E-state index in [2.05, 4.69) is 42.1 Å². The maximum Gasteiger partial charge on any atom is 0.234 e. The van der Waals surface area contributed by atoms with E-state index >= 15 is 0 Å². The molecule has 3 aromatic rings. The minimum Gasteiger partial charge on any atom is -0.325 e. The molecule has 2 aromatic carbocycles. The van der Waals surface area contributed by atoms with E-state index in [0.29, 0.717) is 17.3 Å². The van der Waals surface area contributed by atoms with Crippen molar-refractivity contribution in [2.75, 3.05) is 11.1 Å². The summed E-state index contributed by atoms with van der Waals surface area (Å²) in [5, 5.41) is 21.5. The second-order valence-corrected chi connectivity index (χ2v) is 9.36. The predicted molar refractivity (Wildman–Crippen MR) is 126 cm³/mol. The third-order valence-electron chi connectivity index (χ3n) is 5.34. The number of nitrogens with zero attached hydrogens (tertiary/aromatic N) is 4. The van der Waals surface area contributed by atoms with Crippen LogP contribution < -0.4 is 5.32 Å².